The zero-order valence-electron chi connectivity index (χ0n) is 21.4. The second kappa shape index (κ2) is 11.7. The normalized spacial score (nSPS) is 16.5. The van der Waals surface area contributed by atoms with E-state index in [1.807, 2.05) is 36.4 Å². The van der Waals surface area contributed by atoms with Crippen LogP contribution in [-0.2, 0) is 12.8 Å². The summed E-state index contributed by atoms with van der Waals surface area (Å²) in [6, 6.07) is 22.6. The molecule has 6 heteroatoms. The fraction of sp³-hybridized carbons (Fsp3) is 0.355. The van der Waals surface area contributed by atoms with Gasteiger partial charge in [0, 0.05) is 18.4 Å². The highest BCUT2D eigenvalue weighted by Gasteiger charge is 2.22. The van der Waals surface area contributed by atoms with Gasteiger partial charge in [-0.25, -0.2) is 9.07 Å². The van der Waals surface area contributed by atoms with Crippen LogP contribution < -0.4 is 10.3 Å². The molecule has 5 nitrogen and oxygen atoms in total. The molecule has 1 atom stereocenters. The van der Waals surface area contributed by atoms with E-state index in [1.165, 1.54) is 17.7 Å². The van der Waals surface area contributed by atoms with E-state index in [0.717, 1.165) is 74.1 Å². The van der Waals surface area contributed by atoms with Gasteiger partial charge in [0.15, 0.2) is 0 Å². The van der Waals surface area contributed by atoms with Gasteiger partial charge in [0.05, 0.1) is 24.2 Å². The number of rotatable bonds is 8. The second-order valence-corrected chi connectivity index (χ2v) is 9.92. The van der Waals surface area contributed by atoms with Crippen LogP contribution >= 0.6 is 0 Å². The molecule has 1 fully saturated rings. The maximum absolute atomic E-state index is 13.5. The Bertz CT molecular complexity index is 1380. The summed E-state index contributed by atoms with van der Waals surface area (Å²) >= 11 is 0. The molecular formula is C31H34FN3O2. The third-order valence-electron chi connectivity index (χ3n) is 7.42. The minimum absolute atomic E-state index is 0.0172. The number of nitrogens with zero attached hydrogens (tertiary/aromatic N) is 3. The number of fused-ring (bicyclic) bond motifs is 1. The molecule has 0 saturated carbocycles. The molecule has 1 aliphatic heterocycles. The van der Waals surface area contributed by atoms with Gasteiger partial charge in [-0.2, -0.15) is 5.10 Å². The van der Waals surface area contributed by atoms with Gasteiger partial charge in [-0.15, -0.1) is 0 Å². The quantitative estimate of drug-likeness (QED) is 0.308. The Hall–Kier alpha value is -3.51. The fourth-order valence-electron chi connectivity index (χ4n) is 5.35. The Kier molecular flexibility index (Phi) is 7.95. The molecule has 2 heterocycles. The van der Waals surface area contributed by atoms with Gasteiger partial charge in [0.2, 0.25) is 0 Å². The summed E-state index contributed by atoms with van der Waals surface area (Å²) in [5.41, 5.74) is 3.15. The zero-order valence-corrected chi connectivity index (χ0v) is 21.4. The number of ether oxygens (including phenoxy) is 1. The first kappa shape index (κ1) is 25.2. The molecule has 1 unspecified atom stereocenters. The highest BCUT2D eigenvalue weighted by atomic mass is 19.1. The topological polar surface area (TPSA) is 47.4 Å². The molecular weight excluding hydrogens is 465 g/mol. The van der Waals surface area contributed by atoms with Crippen molar-refractivity contribution in [3.8, 4) is 5.75 Å². The number of hydrogen-bond acceptors (Lipinski definition) is 4. The Balaban J connectivity index is 1.28. The van der Waals surface area contributed by atoms with Crippen molar-refractivity contribution < 1.29 is 9.13 Å². The number of hydrogen-bond donors (Lipinski definition) is 0. The lowest BCUT2D eigenvalue weighted by atomic mass is 10.0. The van der Waals surface area contributed by atoms with E-state index in [9.17, 15) is 9.18 Å². The minimum atomic E-state index is -0.251. The average Bonchev–Trinajstić information content (AvgIpc) is 3.17. The highest BCUT2D eigenvalue weighted by molar-refractivity contribution is 5.83. The Morgan fingerprint density at radius 2 is 1.65 bits per heavy atom. The molecule has 0 spiro atoms. The SMILES string of the molecule is COc1ccc(CCCN2CCCC(n3nc(Cc4ccc(F)cc4)c4ccccc4c3=O)CC2)cc1. The summed E-state index contributed by atoms with van der Waals surface area (Å²) in [6.45, 7) is 3.06. The van der Waals surface area contributed by atoms with Crippen LogP contribution in [0.5, 0.6) is 5.75 Å². The summed E-state index contributed by atoms with van der Waals surface area (Å²) < 4.78 is 20.4. The molecule has 1 saturated heterocycles. The van der Waals surface area contributed by atoms with Gasteiger partial charge >= 0.3 is 0 Å². The van der Waals surface area contributed by atoms with Crippen molar-refractivity contribution in [3.63, 3.8) is 0 Å². The van der Waals surface area contributed by atoms with Gasteiger partial charge < -0.3 is 9.64 Å². The van der Waals surface area contributed by atoms with Crippen molar-refractivity contribution in [2.75, 3.05) is 26.7 Å². The van der Waals surface area contributed by atoms with Crippen LogP contribution in [0.15, 0.2) is 77.6 Å². The maximum atomic E-state index is 13.5. The van der Waals surface area contributed by atoms with Crippen molar-refractivity contribution in [1.29, 1.82) is 0 Å². The molecule has 3 aromatic carbocycles. The summed E-state index contributed by atoms with van der Waals surface area (Å²) in [5, 5.41) is 6.49. The van der Waals surface area contributed by atoms with E-state index >= 15 is 0 Å². The number of methoxy groups -OCH3 is 1. The van der Waals surface area contributed by atoms with Crippen LogP contribution in [0.1, 0.15) is 48.5 Å². The van der Waals surface area contributed by atoms with E-state index in [1.54, 1.807) is 23.9 Å². The lowest BCUT2D eigenvalue weighted by molar-refractivity contribution is 0.275. The summed E-state index contributed by atoms with van der Waals surface area (Å²) in [4.78, 5) is 16.0. The van der Waals surface area contributed by atoms with Crippen LogP contribution in [0.3, 0.4) is 0 Å². The van der Waals surface area contributed by atoms with Crippen LogP contribution in [0, 0.1) is 5.82 Å². The summed E-state index contributed by atoms with van der Waals surface area (Å²) in [6.07, 6.45) is 5.60. The lowest BCUT2D eigenvalue weighted by Crippen LogP contribution is -2.30. The van der Waals surface area contributed by atoms with Gasteiger partial charge in [-0.3, -0.25) is 4.79 Å². The average molecular weight is 500 g/mol. The molecule has 4 aromatic rings. The maximum Gasteiger partial charge on any atom is 0.274 e. The first-order valence-electron chi connectivity index (χ1n) is 13.2. The van der Waals surface area contributed by atoms with E-state index < -0.39 is 0 Å². The second-order valence-electron chi connectivity index (χ2n) is 9.92. The number of likely N-dealkylation sites (tertiary alicyclic amines) is 1. The molecule has 1 aromatic heterocycles. The number of halogens is 1. The Morgan fingerprint density at radius 1 is 0.919 bits per heavy atom. The van der Waals surface area contributed by atoms with Crippen molar-refractivity contribution in [2.24, 2.45) is 0 Å². The standard InChI is InChI=1S/C31H34FN3O2/c1-37-27-16-12-23(13-17-27)6-4-19-34-20-5-7-26(18-21-34)35-31(36)29-9-3-2-8-28(29)30(33-35)22-24-10-14-25(32)15-11-24/h2-3,8-17,26H,4-7,18-22H2,1H3. The molecule has 0 bridgehead atoms. The minimum Gasteiger partial charge on any atom is -0.497 e. The molecule has 1 aliphatic rings. The third kappa shape index (κ3) is 6.08. The smallest absolute Gasteiger partial charge is 0.274 e. The third-order valence-corrected chi connectivity index (χ3v) is 7.42. The fourth-order valence-corrected chi connectivity index (χ4v) is 5.35. The van der Waals surface area contributed by atoms with Crippen LogP contribution in [0.2, 0.25) is 0 Å². The van der Waals surface area contributed by atoms with E-state index in [4.69, 9.17) is 9.84 Å². The van der Waals surface area contributed by atoms with Crippen molar-refractivity contribution in [1.82, 2.24) is 14.7 Å². The van der Waals surface area contributed by atoms with Crippen molar-refractivity contribution in [2.45, 2.75) is 44.6 Å². The van der Waals surface area contributed by atoms with Crippen LogP contribution in [0.25, 0.3) is 10.8 Å². The van der Waals surface area contributed by atoms with Gasteiger partial charge in [-0.05, 0) is 86.7 Å². The van der Waals surface area contributed by atoms with Gasteiger partial charge in [0.1, 0.15) is 11.6 Å². The number of aryl methyl sites for hydroxylation is 1. The molecule has 0 amide bonds. The lowest BCUT2D eigenvalue weighted by Gasteiger charge is -2.21. The van der Waals surface area contributed by atoms with Gasteiger partial charge in [0.25, 0.3) is 5.56 Å². The summed E-state index contributed by atoms with van der Waals surface area (Å²) in [7, 11) is 1.69. The van der Waals surface area contributed by atoms with Gasteiger partial charge in [-0.1, -0.05) is 42.5 Å². The van der Waals surface area contributed by atoms with Crippen molar-refractivity contribution >= 4 is 10.8 Å². The molecule has 0 aliphatic carbocycles. The van der Waals surface area contributed by atoms with Crippen molar-refractivity contribution in [3.05, 3.63) is 106 Å². The Labute approximate surface area is 217 Å². The molecule has 0 N–H and O–H groups in total. The number of benzene rings is 3. The van der Waals surface area contributed by atoms with E-state index in [2.05, 4.69) is 17.0 Å². The monoisotopic (exact) mass is 499 g/mol. The first-order valence-corrected chi connectivity index (χ1v) is 13.2. The highest BCUT2D eigenvalue weighted by Crippen LogP contribution is 2.24. The van der Waals surface area contributed by atoms with E-state index in [0.29, 0.717) is 11.8 Å². The van der Waals surface area contributed by atoms with Crippen LogP contribution in [-0.4, -0.2) is 41.4 Å². The molecule has 5 rings (SSSR count). The summed E-state index contributed by atoms with van der Waals surface area (Å²) in [5.74, 6) is 0.638. The first-order chi connectivity index (χ1) is 18.1. The number of aromatic nitrogens is 2. The van der Waals surface area contributed by atoms with Crippen LogP contribution in [0.4, 0.5) is 4.39 Å². The van der Waals surface area contributed by atoms with E-state index in [-0.39, 0.29) is 17.4 Å². The predicted octanol–water partition coefficient (Wildman–Crippen LogP) is 5.79. The zero-order chi connectivity index (χ0) is 25.6. The molecule has 37 heavy (non-hydrogen) atoms. The largest absolute Gasteiger partial charge is 0.497 e. The molecule has 0 radical (unpaired) electrons. The molecule has 192 valence electrons. The Morgan fingerprint density at radius 3 is 2.41 bits per heavy atom. The predicted molar refractivity (Wildman–Crippen MR) is 146 cm³/mol.